The number of aryl methyl sites for hydroxylation is 1. The number of halogens is 3. The lowest BCUT2D eigenvalue weighted by Gasteiger charge is -2.20. The van der Waals surface area contributed by atoms with Crippen molar-refractivity contribution in [2.45, 2.75) is 13.0 Å². The summed E-state index contributed by atoms with van der Waals surface area (Å²) in [6, 6.07) is 7.93. The SMILES string of the molecule is CNC(c1cc(C)ccc1F)c1cc(Cl)c(OC)cc1Cl. The van der Waals surface area contributed by atoms with E-state index in [-0.39, 0.29) is 11.9 Å². The van der Waals surface area contributed by atoms with E-state index in [0.29, 0.717) is 26.9 Å². The minimum atomic E-state index is -0.388. The van der Waals surface area contributed by atoms with Gasteiger partial charge in [0.15, 0.2) is 0 Å². The molecule has 0 aliphatic heterocycles. The lowest BCUT2D eigenvalue weighted by atomic mass is 9.96. The van der Waals surface area contributed by atoms with Crippen molar-refractivity contribution in [1.29, 1.82) is 0 Å². The summed E-state index contributed by atoms with van der Waals surface area (Å²) in [6.07, 6.45) is 0. The van der Waals surface area contributed by atoms with E-state index < -0.39 is 0 Å². The maximum absolute atomic E-state index is 14.1. The van der Waals surface area contributed by atoms with Crippen LogP contribution in [0.25, 0.3) is 0 Å². The normalized spacial score (nSPS) is 12.3. The number of rotatable bonds is 4. The molecule has 0 aliphatic rings. The molecule has 0 saturated heterocycles. The highest BCUT2D eigenvalue weighted by Gasteiger charge is 2.20. The van der Waals surface area contributed by atoms with Crippen molar-refractivity contribution < 1.29 is 9.13 Å². The van der Waals surface area contributed by atoms with Gasteiger partial charge in [-0.05, 0) is 31.7 Å². The monoisotopic (exact) mass is 327 g/mol. The fourth-order valence-corrected chi connectivity index (χ4v) is 2.80. The molecule has 112 valence electrons. The van der Waals surface area contributed by atoms with Crippen LogP contribution >= 0.6 is 23.2 Å². The predicted octanol–water partition coefficient (Wildman–Crippen LogP) is 4.76. The lowest BCUT2D eigenvalue weighted by Crippen LogP contribution is -2.19. The molecule has 2 rings (SSSR count). The molecule has 0 radical (unpaired) electrons. The van der Waals surface area contributed by atoms with E-state index in [1.54, 1.807) is 31.3 Å². The number of hydrogen-bond donors (Lipinski definition) is 1. The van der Waals surface area contributed by atoms with Crippen molar-refractivity contribution in [3.8, 4) is 5.75 Å². The predicted molar refractivity (Wildman–Crippen MR) is 85.1 cm³/mol. The summed E-state index contributed by atoms with van der Waals surface area (Å²) in [5.41, 5.74) is 2.21. The van der Waals surface area contributed by atoms with Crippen molar-refractivity contribution in [3.05, 3.63) is 62.9 Å². The summed E-state index contributed by atoms with van der Waals surface area (Å²) in [4.78, 5) is 0. The first-order valence-corrected chi connectivity index (χ1v) is 7.19. The Morgan fingerprint density at radius 3 is 2.43 bits per heavy atom. The molecular weight excluding hydrogens is 312 g/mol. The van der Waals surface area contributed by atoms with Crippen LogP contribution in [0.3, 0.4) is 0 Å². The van der Waals surface area contributed by atoms with E-state index in [1.165, 1.54) is 13.2 Å². The average Bonchev–Trinajstić information content (AvgIpc) is 2.46. The van der Waals surface area contributed by atoms with Gasteiger partial charge in [-0.1, -0.05) is 40.9 Å². The van der Waals surface area contributed by atoms with Crippen molar-refractivity contribution in [2.24, 2.45) is 0 Å². The highest BCUT2D eigenvalue weighted by atomic mass is 35.5. The molecule has 21 heavy (non-hydrogen) atoms. The van der Waals surface area contributed by atoms with Crippen LogP contribution in [0.2, 0.25) is 10.0 Å². The van der Waals surface area contributed by atoms with E-state index in [4.69, 9.17) is 27.9 Å². The second kappa shape index (κ2) is 6.65. The zero-order chi connectivity index (χ0) is 15.6. The summed E-state index contributed by atoms with van der Waals surface area (Å²) in [6.45, 7) is 1.91. The molecule has 2 aromatic carbocycles. The largest absolute Gasteiger partial charge is 0.495 e. The van der Waals surface area contributed by atoms with Crippen LogP contribution in [0.15, 0.2) is 30.3 Å². The number of nitrogens with one attached hydrogen (secondary N) is 1. The number of hydrogen-bond acceptors (Lipinski definition) is 2. The smallest absolute Gasteiger partial charge is 0.138 e. The summed E-state index contributed by atoms with van der Waals surface area (Å²) in [7, 11) is 3.27. The summed E-state index contributed by atoms with van der Waals surface area (Å²) in [5.74, 6) is 0.202. The standard InChI is InChI=1S/C16H16Cl2FNO/c1-9-4-5-14(19)11(6-9)16(20-2)10-7-13(18)15(21-3)8-12(10)17/h4-8,16,20H,1-3H3. The van der Waals surface area contributed by atoms with E-state index in [1.807, 2.05) is 6.92 Å². The number of methoxy groups -OCH3 is 1. The molecule has 0 saturated carbocycles. The van der Waals surface area contributed by atoms with Gasteiger partial charge in [0.1, 0.15) is 11.6 Å². The van der Waals surface area contributed by atoms with E-state index in [9.17, 15) is 4.39 Å². The van der Waals surface area contributed by atoms with Crippen LogP contribution in [0.5, 0.6) is 5.75 Å². The molecule has 2 aromatic rings. The molecule has 2 nitrogen and oxygen atoms in total. The Kier molecular flexibility index (Phi) is 5.09. The van der Waals surface area contributed by atoms with Gasteiger partial charge in [-0.3, -0.25) is 0 Å². The van der Waals surface area contributed by atoms with Gasteiger partial charge < -0.3 is 10.1 Å². The maximum Gasteiger partial charge on any atom is 0.138 e. The average molecular weight is 328 g/mol. The van der Waals surface area contributed by atoms with Crippen molar-refractivity contribution >= 4 is 23.2 Å². The fraction of sp³-hybridized carbons (Fsp3) is 0.250. The topological polar surface area (TPSA) is 21.3 Å². The minimum absolute atomic E-state index is 0.289. The summed E-state index contributed by atoms with van der Waals surface area (Å²) >= 11 is 12.5. The van der Waals surface area contributed by atoms with E-state index in [0.717, 1.165) is 5.56 Å². The molecule has 0 fully saturated rings. The lowest BCUT2D eigenvalue weighted by molar-refractivity contribution is 0.414. The summed E-state index contributed by atoms with van der Waals surface area (Å²) < 4.78 is 19.3. The van der Waals surface area contributed by atoms with Crippen LogP contribution in [-0.2, 0) is 0 Å². The molecule has 1 atom stereocenters. The highest BCUT2D eigenvalue weighted by molar-refractivity contribution is 6.34. The number of ether oxygens (including phenoxy) is 1. The van der Waals surface area contributed by atoms with Crippen LogP contribution < -0.4 is 10.1 Å². The third-order valence-electron chi connectivity index (χ3n) is 3.33. The van der Waals surface area contributed by atoms with Gasteiger partial charge in [0.2, 0.25) is 0 Å². The Hall–Kier alpha value is -1.29. The van der Waals surface area contributed by atoms with E-state index in [2.05, 4.69) is 5.32 Å². The van der Waals surface area contributed by atoms with Gasteiger partial charge in [0.25, 0.3) is 0 Å². The maximum atomic E-state index is 14.1. The molecule has 5 heteroatoms. The first-order chi connectivity index (χ1) is 9.97. The molecule has 0 aliphatic carbocycles. The highest BCUT2D eigenvalue weighted by Crippen LogP contribution is 2.36. The van der Waals surface area contributed by atoms with Gasteiger partial charge in [-0.2, -0.15) is 0 Å². The van der Waals surface area contributed by atoms with Gasteiger partial charge in [0.05, 0.1) is 18.2 Å². The number of benzene rings is 2. The zero-order valence-electron chi connectivity index (χ0n) is 12.0. The van der Waals surface area contributed by atoms with Gasteiger partial charge in [-0.25, -0.2) is 4.39 Å². The van der Waals surface area contributed by atoms with Crippen LogP contribution in [0.4, 0.5) is 4.39 Å². The molecule has 1 N–H and O–H groups in total. The third kappa shape index (κ3) is 3.31. The molecule has 0 spiro atoms. The minimum Gasteiger partial charge on any atom is -0.495 e. The van der Waals surface area contributed by atoms with Gasteiger partial charge in [-0.15, -0.1) is 0 Å². The van der Waals surface area contributed by atoms with Crippen LogP contribution in [0.1, 0.15) is 22.7 Å². The van der Waals surface area contributed by atoms with Gasteiger partial charge >= 0.3 is 0 Å². The van der Waals surface area contributed by atoms with Crippen molar-refractivity contribution in [3.63, 3.8) is 0 Å². The Bertz CT molecular complexity index is 661. The molecular formula is C16H16Cl2FNO. The molecule has 1 unspecified atom stereocenters. The molecule has 0 heterocycles. The first-order valence-electron chi connectivity index (χ1n) is 6.44. The fourth-order valence-electron chi connectivity index (χ4n) is 2.28. The van der Waals surface area contributed by atoms with Crippen molar-refractivity contribution in [2.75, 3.05) is 14.2 Å². The summed E-state index contributed by atoms with van der Waals surface area (Å²) in [5, 5.41) is 3.99. The van der Waals surface area contributed by atoms with Gasteiger partial charge in [0, 0.05) is 16.7 Å². The molecule has 0 aromatic heterocycles. The quantitative estimate of drug-likeness (QED) is 0.874. The molecule has 0 amide bonds. The van der Waals surface area contributed by atoms with Crippen LogP contribution in [-0.4, -0.2) is 14.2 Å². The Balaban J connectivity index is 2.56. The van der Waals surface area contributed by atoms with Crippen LogP contribution in [0, 0.1) is 12.7 Å². The Morgan fingerprint density at radius 2 is 1.81 bits per heavy atom. The van der Waals surface area contributed by atoms with E-state index >= 15 is 0 Å². The first kappa shape index (κ1) is 16.1. The Labute approximate surface area is 133 Å². The zero-order valence-corrected chi connectivity index (χ0v) is 13.5. The third-order valence-corrected chi connectivity index (χ3v) is 3.96. The second-order valence-electron chi connectivity index (χ2n) is 4.75. The second-order valence-corrected chi connectivity index (χ2v) is 5.57. The van der Waals surface area contributed by atoms with Crippen molar-refractivity contribution in [1.82, 2.24) is 5.32 Å². The Morgan fingerprint density at radius 1 is 1.10 bits per heavy atom. The molecule has 0 bridgehead atoms.